The predicted octanol–water partition coefficient (Wildman–Crippen LogP) is 4.70. The molecule has 0 spiro atoms. The molecule has 1 aromatic rings. The van der Waals surface area contributed by atoms with Crippen LogP contribution in [0.2, 0.25) is 0 Å². The van der Waals surface area contributed by atoms with Gasteiger partial charge in [0, 0.05) is 0 Å². The predicted molar refractivity (Wildman–Crippen MR) is 69.9 cm³/mol. The van der Waals surface area contributed by atoms with E-state index in [0.717, 1.165) is 24.5 Å². The van der Waals surface area contributed by atoms with Crippen molar-refractivity contribution in [2.24, 2.45) is 17.8 Å². The first-order valence-corrected chi connectivity index (χ1v) is 7.39. The number of aliphatic hydroxyl groups excluding tert-OH is 1. The normalized spacial score (nSPS) is 29.9. The van der Waals surface area contributed by atoms with E-state index in [4.69, 9.17) is 0 Å². The van der Waals surface area contributed by atoms with Gasteiger partial charge in [0.15, 0.2) is 0 Å². The highest BCUT2D eigenvalue weighted by atomic mass is 19.4. The van der Waals surface area contributed by atoms with Crippen molar-refractivity contribution < 1.29 is 22.7 Å². The fraction of sp³-hybridized carbons (Fsp3) is 0.625. The quantitative estimate of drug-likeness (QED) is 0.802. The van der Waals surface area contributed by atoms with Crippen LogP contribution in [0.15, 0.2) is 18.2 Å². The summed E-state index contributed by atoms with van der Waals surface area (Å²) in [5.74, 6) is 0.426. The summed E-state index contributed by atoms with van der Waals surface area (Å²) < 4.78 is 51.3. The molecule has 3 rings (SSSR count). The lowest BCUT2D eigenvalue weighted by Crippen LogP contribution is -2.15. The van der Waals surface area contributed by atoms with Crippen LogP contribution < -0.4 is 0 Å². The van der Waals surface area contributed by atoms with Crippen molar-refractivity contribution in [3.8, 4) is 0 Å². The molecule has 0 aromatic heterocycles. The molecule has 1 nitrogen and oxygen atoms in total. The van der Waals surface area contributed by atoms with Gasteiger partial charge in [0.2, 0.25) is 0 Å². The summed E-state index contributed by atoms with van der Waals surface area (Å²) in [5.41, 5.74) is -1.14. The van der Waals surface area contributed by atoms with Crippen molar-refractivity contribution in [2.75, 3.05) is 0 Å². The van der Waals surface area contributed by atoms with Crippen molar-refractivity contribution >= 4 is 0 Å². The highest BCUT2D eigenvalue weighted by Crippen LogP contribution is 2.51. The zero-order valence-corrected chi connectivity index (χ0v) is 11.5. The van der Waals surface area contributed by atoms with Crippen molar-refractivity contribution in [2.45, 2.75) is 44.4 Å². The van der Waals surface area contributed by atoms with Crippen LogP contribution in [-0.2, 0) is 6.18 Å². The van der Waals surface area contributed by atoms with E-state index in [1.165, 1.54) is 25.3 Å². The Balaban J connectivity index is 1.74. The molecule has 4 unspecified atom stereocenters. The highest BCUT2D eigenvalue weighted by molar-refractivity contribution is 5.28. The van der Waals surface area contributed by atoms with Crippen molar-refractivity contribution in [1.29, 1.82) is 0 Å². The second kappa shape index (κ2) is 5.27. The molecule has 0 heterocycles. The van der Waals surface area contributed by atoms with Crippen molar-refractivity contribution in [3.05, 3.63) is 35.1 Å². The van der Waals surface area contributed by atoms with E-state index in [1.54, 1.807) is 0 Å². The van der Waals surface area contributed by atoms with Crippen LogP contribution in [0.3, 0.4) is 0 Å². The summed E-state index contributed by atoms with van der Waals surface area (Å²) in [6.07, 6.45) is -0.540. The molecule has 1 N–H and O–H groups in total. The molecular weight excluding hydrogens is 284 g/mol. The fourth-order valence-corrected chi connectivity index (χ4v) is 4.06. The molecule has 0 saturated heterocycles. The summed E-state index contributed by atoms with van der Waals surface area (Å²) in [6, 6.07) is 2.79. The molecule has 2 aliphatic carbocycles. The third kappa shape index (κ3) is 2.93. The van der Waals surface area contributed by atoms with Gasteiger partial charge in [0.25, 0.3) is 0 Å². The molecule has 2 bridgehead atoms. The van der Waals surface area contributed by atoms with Crippen molar-refractivity contribution in [1.82, 2.24) is 0 Å². The first kappa shape index (κ1) is 14.8. The zero-order chi connectivity index (χ0) is 15.2. The van der Waals surface area contributed by atoms with E-state index in [1.807, 2.05) is 0 Å². The number of aliphatic hydroxyl groups is 1. The van der Waals surface area contributed by atoms with Crippen LogP contribution in [0.25, 0.3) is 0 Å². The van der Waals surface area contributed by atoms with E-state index in [2.05, 4.69) is 0 Å². The summed E-state index contributed by atoms with van der Waals surface area (Å²) in [6.45, 7) is 0. The minimum Gasteiger partial charge on any atom is -0.388 e. The molecule has 0 radical (unpaired) electrons. The maximum absolute atomic E-state index is 13.3. The largest absolute Gasteiger partial charge is 0.419 e. The lowest BCUT2D eigenvalue weighted by Gasteiger charge is -2.24. The molecule has 2 fully saturated rings. The third-order valence-electron chi connectivity index (χ3n) is 5.09. The number of hydrogen-bond donors (Lipinski definition) is 1. The summed E-state index contributed by atoms with van der Waals surface area (Å²) >= 11 is 0. The smallest absolute Gasteiger partial charge is 0.388 e. The number of halogens is 4. The highest BCUT2D eigenvalue weighted by Gasteiger charge is 2.40. The third-order valence-corrected chi connectivity index (χ3v) is 5.09. The average Bonchev–Trinajstić information content (AvgIpc) is 3.00. The summed E-state index contributed by atoms with van der Waals surface area (Å²) in [5, 5.41) is 10.2. The van der Waals surface area contributed by atoms with Crippen LogP contribution in [0.4, 0.5) is 17.6 Å². The Labute approximate surface area is 121 Å². The topological polar surface area (TPSA) is 20.2 Å². The first-order chi connectivity index (χ1) is 9.84. The maximum atomic E-state index is 13.3. The lowest BCUT2D eigenvalue weighted by molar-refractivity contribution is -0.140. The van der Waals surface area contributed by atoms with Gasteiger partial charge in [-0.05, 0) is 61.1 Å². The first-order valence-electron chi connectivity index (χ1n) is 7.39. The molecule has 4 atom stereocenters. The van der Waals surface area contributed by atoms with Gasteiger partial charge in [-0.15, -0.1) is 0 Å². The Morgan fingerprint density at radius 3 is 2.52 bits per heavy atom. The Kier molecular flexibility index (Phi) is 3.72. The summed E-state index contributed by atoms with van der Waals surface area (Å²) in [4.78, 5) is 0. The van der Waals surface area contributed by atoms with E-state index in [0.29, 0.717) is 18.3 Å². The Morgan fingerprint density at radius 1 is 1.19 bits per heavy atom. The number of rotatable bonds is 3. The van der Waals surface area contributed by atoms with Gasteiger partial charge in [-0.1, -0.05) is 12.5 Å². The SMILES string of the molecule is OC(CC1CC2CCC1C2)c1ccc(F)c(C(F)(F)F)c1. The van der Waals surface area contributed by atoms with Gasteiger partial charge in [-0.25, -0.2) is 4.39 Å². The molecular formula is C16H18F4O. The molecule has 5 heteroatoms. The minimum atomic E-state index is -4.73. The second-order valence-corrected chi connectivity index (χ2v) is 6.42. The molecule has 1 aromatic carbocycles. The van der Waals surface area contributed by atoms with Crippen molar-refractivity contribution in [3.63, 3.8) is 0 Å². The lowest BCUT2D eigenvalue weighted by atomic mass is 9.83. The molecule has 116 valence electrons. The molecule has 2 saturated carbocycles. The second-order valence-electron chi connectivity index (χ2n) is 6.42. The van der Waals surface area contributed by atoms with Gasteiger partial charge in [-0.2, -0.15) is 13.2 Å². The number of fused-ring (bicyclic) bond motifs is 2. The van der Waals surface area contributed by atoms with Crippen LogP contribution in [0.5, 0.6) is 0 Å². The summed E-state index contributed by atoms with van der Waals surface area (Å²) in [7, 11) is 0. The van der Waals surface area contributed by atoms with Gasteiger partial charge >= 0.3 is 6.18 Å². The molecule has 0 amide bonds. The standard InChI is InChI=1S/C16H18F4O/c17-14-4-3-11(7-13(14)16(18,19)20)15(21)8-12-6-9-1-2-10(12)5-9/h3-4,7,9-10,12,15,21H,1-2,5-6,8H2. The van der Waals surface area contributed by atoms with Crippen LogP contribution in [0.1, 0.15) is 49.3 Å². The Bertz CT molecular complexity index is 525. The van der Waals surface area contributed by atoms with E-state index in [9.17, 15) is 22.7 Å². The molecule has 2 aliphatic rings. The van der Waals surface area contributed by atoms with Gasteiger partial charge in [0.05, 0.1) is 11.7 Å². The number of benzene rings is 1. The van der Waals surface area contributed by atoms with Gasteiger partial charge in [-0.3, -0.25) is 0 Å². The minimum absolute atomic E-state index is 0.159. The van der Waals surface area contributed by atoms with Gasteiger partial charge in [0.1, 0.15) is 5.82 Å². The zero-order valence-electron chi connectivity index (χ0n) is 11.5. The van der Waals surface area contributed by atoms with E-state index in [-0.39, 0.29) is 5.56 Å². The van der Waals surface area contributed by atoms with Gasteiger partial charge < -0.3 is 5.11 Å². The Hall–Kier alpha value is -1.10. The van der Waals surface area contributed by atoms with Crippen LogP contribution in [-0.4, -0.2) is 5.11 Å². The Morgan fingerprint density at radius 2 is 1.95 bits per heavy atom. The monoisotopic (exact) mass is 302 g/mol. The van der Waals surface area contributed by atoms with Crippen LogP contribution in [0, 0.1) is 23.6 Å². The van der Waals surface area contributed by atoms with Crippen LogP contribution >= 0.6 is 0 Å². The molecule has 0 aliphatic heterocycles. The van der Waals surface area contributed by atoms with E-state index >= 15 is 0 Å². The molecule has 21 heavy (non-hydrogen) atoms. The maximum Gasteiger partial charge on any atom is 0.419 e. The average molecular weight is 302 g/mol. The van der Waals surface area contributed by atoms with E-state index < -0.39 is 23.7 Å². The number of hydrogen-bond acceptors (Lipinski definition) is 1. The number of alkyl halides is 3. The fourth-order valence-electron chi connectivity index (χ4n) is 4.06.